The second-order valence-electron chi connectivity index (χ2n) is 3.18. The van der Waals surface area contributed by atoms with E-state index in [1.807, 2.05) is 0 Å². The van der Waals surface area contributed by atoms with Crippen LogP contribution in [0.2, 0.25) is 0 Å². The molecule has 0 bridgehead atoms. The van der Waals surface area contributed by atoms with Gasteiger partial charge in [-0.2, -0.15) is 4.98 Å². The van der Waals surface area contributed by atoms with E-state index in [-0.39, 0.29) is 5.82 Å². The molecule has 0 saturated heterocycles. The van der Waals surface area contributed by atoms with Gasteiger partial charge in [-0.1, -0.05) is 6.07 Å². The lowest BCUT2D eigenvalue weighted by Crippen LogP contribution is -2.08. The molecular formula is C11H9BrFN3O. The van der Waals surface area contributed by atoms with Crippen LogP contribution in [0.25, 0.3) is 0 Å². The molecule has 6 heteroatoms. The molecular weight excluding hydrogens is 289 g/mol. The molecule has 0 unspecified atom stereocenters. The number of anilines is 1. The van der Waals surface area contributed by atoms with Crippen molar-refractivity contribution in [1.29, 1.82) is 0 Å². The summed E-state index contributed by atoms with van der Waals surface area (Å²) in [6.07, 6.45) is 0. The van der Waals surface area contributed by atoms with Gasteiger partial charge in [-0.3, -0.25) is 0 Å². The highest BCUT2D eigenvalue weighted by atomic mass is 79.9. The largest absolute Gasteiger partial charge is 0.438 e. The number of nitrogen functional groups attached to an aromatic ring is 1. The highest BCUT2D eigenvalue weighted by molar-refractivity contribution is 9.10. The number of hydrazine groups is 1. The fourth-order valence-electron chi connectivity index (χ4n) is 1.22. The van der Waals surface area contributed by atoms with Crippen molar-refractivity contribution in [3.63, 3.8) is 0 Å². The van der Waals surface area contributed by atoms with Crippen LogP contribution in [0.15, 0.2) is 40.9 Å². The lowest BCUT2D eigenvalue weighted by Gasteiger charge is -2.07. The van der Waals surface area contributed by atoms with Crippen molar-refractivity contribution in [3.8, 4) is 11.6 Å². The Hall–Kier alpha value is -1.66. The number of nitrogens with zero attached hydrogens (tertiary/aromatic N) is 1. The minimum atomic E-state index is -0.378. The maximum Gasteiger partial charge on any atom is 0.221 e. The summed E-state index contributed by atoms with van der Waals surface area (Å²) in [7, 11) is 0. The van der Waals surface area contributed by atoms with Gasteiger partial charge in [0.05, 0.1) is 4.47 Å². The molecule has 2 rings (SSSR count). The molecule has 1 heterocycles. The molecule has 0 saturated carbocycles. The van der Waals surface area contributed by atoms with Crippen LogP contribution in [0.3, 0.4) is 0 Å². The highest BCUT2D eigenvalue weighted by Gasteiger charge is 2.05. The van der Waals surface area contributed by atoms with Crippen molar-refractivity contribution in [2.45, 2.75) is 0 Å². The first-order valence-corrected chi connectivity index (χ1v) is 5.55. The normalized spacial score (nSPS) is 10.1. The second-order valence-corrected chi connectivity index (χ2v) is 4.04. The number of nitrogens with one attached hydrogen (secondary N) is 1. The number of aromatic nitrogens is 1. The maximum atomic E-state index is 13.0. The second kappa shape index (κ2) is 5.11. The summed E-state index contributed by atoms with van der Waals surface area (Å²) in [5.74, 6) is 6.00. The third-order valence-electron chi connectivity index (χ3n) is 1.98. The quantitative estimate of drug-likeness (QED) is 0.675. The van der Waals surface area contributed by atoms with Gasteiger partial charge in [0.25, 0.3) is 0 Å². The predicted molar refractivity (Wildman–Crippen MR) is 66.2 cm³/mol. The molecule has 0 aliphatic carbocycles. The van der Waals surface area contributed by atoms with E-state index in [1.165, 1.54) is 12.1 Å². The number of halogens is 2. The Morgan fingerprint density at radius 3 is 2.88 bits per heavy atom. The summed E-state index contributed by atoms with van der Waals surface area (Å²) in [5, 5.41) is 0. The van der Waals surface area contributed by atoms with Gasteiger partial charge in [-0.05, 0) is 34.1 Å². The van der Waals surface area contributed by atoms with Gasteiger partial charge in [0.2, 0.25) is 5.88 Å². The Kier molecular flexibility index (Phi) is 3.55. The van der Waals surface area contributed by atoms with Crippen molar-refractivity contribution in [2.24, 2.45) is 5.84 Å². The predicted octanol–water partition coefficient (Wildman–Crippen LogP) is 3.06. The first-order valence-electron chi connectivity index (χ1n) is 4.75. The molecule has 0 amide bonds. The maximum absolute atomic E-state index is 13.0. The van der Waals surface area contributed by atoms with Gasteiger partial charge in [0.15, 0.2) is 0 Å². The molecule has 3 N–H and O–H groups in total. The van der Waals surface area contributed by atoms with Crippen LogP contribution in [0.5, 0.6) is 11.6 Å². The summed E-state index contributed by atoms with van der Waals surface area (Å²) in [4.78, 5) is 4.06. The zero-order chi connectivity index (χ0) is 12.3. The third kappa shape index (κ3) is 2.92. The summed E-state index contributed by atoms with van der Waals surface area (Å²) >= 11 is 3.26. The Balaban J connectivity index is 2.27. The fourth-order valence-corrected chi connectivity index (χ4v) is 1.55. The van der Waals surface area contributed by atoms with Crippen molar-refractivity contribution < 1.29 is 9.13 Å². The van der Waals surface area contributed by atoms with Crippen LogP contribution in [0.1, 0.15) is 0 Å². The number of benzene rings is 1. The molecule has 1 aromatic heterocycles. The smallest absolute Gasteiger partial charge is 0.221 e. The van der Waals surface area contributed by atoms with E-state index in [0.717, 1.165) is 0 Å². The SMILES string of the molecule is NNc1cccc(Oc2cc(F)ccc2Br)n1. The summed E-state index contributed by atoms with van der Waals surface area (Å²) < 4.78 is 19.1. The third-order valence-corrected chi connectivity index (χ3v) is 2.63. The standard InChI is InChI=1S/C11H9BrFN3O/c12-8-5-4-7(13)6-9(8)17-11-3-1-2-10(15-11)16-14/h1-6H,14H2,(H,15,16). The van der Waals surface area contributed by atoms with Crippen molar-refractivity contribution in [1.82, 2.24) is 4.98 Å². The van der Waals surface area contributed by atoms with Crippen molar-refractivity contribution in [2.75, 3.05) is 5.43 Å². The zero-order valence-corrected chi connectivity index (χ0v) is 10.2. The lowest BCUT2D eigenvalue weighted by atomic mass is 10.3. The Bertz CT molecular complexity index is 536. The number of ether oxygens (including phenoxy) is 1. The molecule has 0 aliphatic heterocycles. The van der Waals surface area contributed by atoms with Gasteiger partial charge in [-0.25, -0.2) is 10.2 Å². The molecule has 2 aromatic rings. The van der Waals surface area contributed by atoms with Crippen LogP contribution in [-0.4, -0.2) is 4.98 Å². The van der Waals surface area contributed by atoms with E-state index < -0.39 is 0 Å². The Morgan fingerprint density at radius 1 is 1.29 bits per heavy atom. The van der Waals surface area contributed by atoms with E-state index >= 15 is 0 Å². The summed E-state index contributed by atoms with van der Waals surface area (Å²) in [6, 6.07) is 9.24. The average Bonchev–Trinajstić information content (AvgIpc) is 2.34. The van der Waals surface area contributed by atoms with E-state index in [0.29, 0.717) is 21.9 Å². The molecule has 4 nitrogen and oxygen atoms in total. The van der Waals surface area contributed by atoms with Crippen LogP contribution in [-0.2, 0) is 0 Å². The molecule has 0 atom stereocenters. The summed E-state index contributed by atoms with van der Waals surface area (Å²) in [6.45, 7) is 0. The van der Waals surface area contributed by atoms with E-state index in [1.54, 1.807) is 24.3 Å². The van der Waals surface area contributed by atoms with E-state index in [9.17, 15) is 4.39 Å². The molecule has 0 radical (unpaired) electrons. The minimum absolute atomic E-state index is 0.326. The first kappa shape index (κ1) is 11.8. The average molecular weight is 298 g/mol. The van der Waals surface area contributed by atoms with Gasteiger partial charge < -0.3 is 10.2 Å². The van der Waals surface area contributed by atoms with Gasteiger partial charge >= 0.3 is 0 Å². The minimum Gasteiger partial charge on any atom is -0.438 e. The Labute approximate surface area is 106 Å². The van der Waals surface area contributed by atoms with Crippen molar-refractivity contribution in [3.05, 3.63) is 46.7 Å². The fraction of sp³-hybridized carbons (Fsp3) is 0. The molecule has 1 aromatic carbocycles. The number of nitrogens with two attached hydrogens (primary N) is 1. The van der Waals surface area contributed by atoms with E-state index in [4.69, 9.17) is 10.6 Å². The van der Waals surface area contributed by atoms with Crippen LogP contribution >= 0.6 is 15.9 Å². The van der Waals surface area contributed by atoms with Crippen LogP contribution < -0.4 is 16.0 Å². The summed E-state index contributed by atoms with van der Waals surface area (Å²) in [5.41, 5.74) is 2.40. The molecule has 17 heavy (non-hydrogen) atoms. The molecule has 0 spiro atoms. The van der Waals surface area contributed by atoms with E-state index in [2.05, 4.69) is 26.3 Å². The zero-order valence-electron chi connectivity index (χ0n) is 8.65. The van der Waals surface area contributed by atoms with Crippen LogP contribution in [0, 0.1) is 5.82 Å². The number of hydrogen-bond acceptors (Lipinski definition) is 4. The lowest BCUT2D eigenvalue weighted by molar-refractivity contribution is 0.456. The Morgan fingerprint density at radius 2 is 2.12 bits per heavy atom. The van der Waals surface area contributed by atoms with Crippen molar-refractivity contribution >= 4 is 21.7 Å². The topological polar surface area (TPSA) is 60.2 Å². The number of hydrogen-bond donors (Lipinski definition) is 2. The molecule has 0 fully saturated rings. The van der Waals surface area contributed by atoms with Crippen LogP contribution in [0.4, 0.5) is 10.2 Å². The molecule has 0 aliphatic rings. The van der Waals surface area contributed by atoms with Gasteiger partial charge in [0, 0.05) is 12.1 Å². The number of rotatable bonds is 3. The highest BCUT2D eigenvalue weighted by Crippen LogP contribution is 2.29. The number of pyridine rings is 1. The first-order chi connectivity index (χ1) is 8.19. The monoisotopic (exact) mass is 297 g/mol. The molecule has 88 valence electrons. The van der Waals surface area contributed by atoms with Gasteiger partial charge in [0.1, 0.15) is 17.4 Å². The van der Waals surface area contributed by atoms with Gasteiger partial charge in [-0.15, -0.1) is 0 Å².